The molecule has 0 radical (unpaired) electrons. The van der Waals surface area contributed by atoms with E-state index in [-0.39, 0.29) is 16.8 Å². The van der Waals surface area contributed by atoms with Gasteiger partial charge >= 0.3 is 0 Å². The first kappa shape index (κ1) is 22.8. The summed E-state index contributed by atoms with van der Waals surface area (Å²) >= 11 is 0. The van der Waals surface area contributed by atoms with Crippen LogP contribution in [0.2, 0.25) is 0 Å². The van der Waals surface area contributed by atoms with Crippen molar-refractivity contribution < 1.29 is 13.2 Å². The summed E-state index contributed by atoms with van der Waals surface area (Å²) in [6.07, 6.45) is 3.62. The third kappa shape index (κ3) is 5.35. The van der Waals surface area contributed by atoms with Gasteiger partial charge in [-0.2, -0.15) is 4.31 Å². The second-order valence-electron chi connectivity index (χ2n) is 8.43. The first-order valence-electron chi connectivity index (χ1n) is 11.2. The largest absolute Gasteiger partial charge is 0.325 e. The molecule has 2 fully saturated rings. The van der Waals surface area contributed by atoms with Gasteiger partial charge in [0.05, 0.1) is 16.6 Å². The van der Waals surface area contributed by atoms with Crippen LogP contribution in [-0.4, -0.2) is 78.7 Å². The summed E-state index contributed by atoms with van der Waals surface area (Å²) in [4.78, 5) is 22.0. The van der Waals surface area contributed by atoms with Gasteiger partial charge in [0.15, 0.2) is 0 Å². The van der Waals surface area contributed by atoms with Gasteiger partial charge in [0.1, 0.15) is 0 Å². The summed E-state index contributed by atoms with van der Waals surface area (Å²) in [5.74, 6) is -0.0849. The highest BCUT2D eigenvalue weighted by atomic mass is 32.2. The molecule has 1 aromatic carbocycles. The lowest BCUT2D eigenvalue weighted by Gasteiger charge is -2.37. The van der Waals surface area contributed by atoms with Crippen molar-refractivity contribution in [3.8, 4) is 0 Å². The van der Waals surface area contributed by atoms with Gasteiger partial charge in [0.25, 0.3) is 0 Å². The van der Waals surface area contributed by atoms with E-state index in [0.717, 1.165) is 51.3 Å². The van der Waals surface area contributed by atoms with E-state index < -0.39 is 10.0 Å². The van der Waals surface area contributed by atoms with Gasteiger partial charge in [0, 0.05) is 57.7 Å². The number of aromatic nitrogens is 1. The van der Waals surface area contributed by atoms with Crippen LogP contribution in [0.5, 0.6) is 0 Å². The van der Waals surface area contributed by atoms with E-state index in [9.17, 15) is 13.2 Å². The van der Waals surface area contributed by atoms with Crippen LogP contribution in [-0.2, 0) is 21.4 Å². The molecule has 1 aromatic heterocycles. The van der Waals surface area contributed by atoms with Gasteiger partial charge in [-0.05, 0) is 56.2 Å². The van der Waals surface area contributed by atoms with Gasteiger partial charge in [-0.25, -0.2) is 8.42 Å². The number of carbonyl (C=O) groups excluding carboxylic acids is 1. The first-order chi connectivity index (χ1) is 15.4. The Labute approximate surface area is 190 Å². The number of hydrogen-bond acceptors (Lipinski definition) is 6. The van der Waals surface area contributed by atoms with Crippen molar-refractivity contribution in [2.24, 2.45) is 0 Å². The SMILES string of the molecule is CC(C(=O)Nc1ccc(S(=O)(=O)N2CCCC2)cc1)N1CCN(Cc2ccccn2)CC1. The Hall–Kier alpha value is -2.33. The number of amides is 1. The maximum atomic E-state index is 12.8. The van der Waals surface area contributed by atoms with Crippen LogP contribution in [0.25, 0.3) is 0 Å². The molecule has 172 valence electrons. The standard InChI is InChI=1S/C23H31N5O3S/c1-19(27-16-14-26(15-17-27)18-21-6-2-3-11-24-21)23(29)25-20-7-9-22(10-8-20)32(30,31)28-12-4-5-13-28/h2-3,6-11,19H,4-5,12-18H2,1H3,(H,25,29). The predicted molar refractivity (Wildman–Crippen MR) is 124 cm³/mol. The lowest BCUT2D eigenvalue weighted by molar-refractivity contribution is -0.121. The molecule has 32 heavy (non-hydrogen) atoms. The summed E-state index contributed by atoms with van der Waals surface area (Å²) in [6, 6.07) is 12.2. The molecule has 0 spiro atoms. The van der Waals surface area contributed by atoms with Crippen LogP contribution < -0.4 is 5.32 Å². The van der Waals surface area contributed by atoms with Gasteiger partial charge in [-0.3, -0.25) is 19.6 Å². The zero-order chi connectivity index (χ0) is 22.6. The molecule has 3 heterocycles. The van der Waals surface area contributed by atoms with E-state index in [0.29, 0.717) is 18.8 Å². The third-order valence-electron chi connectivity index (χ3n) is 6.27. The normalized spacial score (nSPS) is 19.7. The third-order valence-corrected chi connectivity index (χ3v) is 8.18. The number of sulfonamides is 1. The average Bonchev–Trinajstić information content (AvgIpc) is 3.36. The minimum atomic E-state index is -3.44. The Morgan fingerprint density at radius 1 is 1.00 bits per heavy atom. The number of nitrogens with zero attached hydrogens (tertiary/aromatic N) is 4. The van der Waals surface area contributed by atoms with Crippen LogP contribution >= 0.6 is 0 Å². The smallest absolute Gasteiger partial charge is 0.243 e. The van der Waals surface area contributed by atoms with Gasteiger partial charge in [-0.1, -0.05) is 6.07 Å². The Balaban J connectivity index is 1.28. The number of hydrogen-bond donors (Lipinski definition) is 1. The average molecular weight is 458 g/mol. The van der Waals surface area contributed by atoms with Crippen LogP contribution in [0.1, 0.15) is 25.5 Å². The minimum Gasteiger partial charge on any atom is -0.325 e. The summed E-state index contributed by atoms with van der Waals surface area (Å²) in [6.45, 7) is 7.29. The van der Waals surface area contributed by atoms with E-state index in [1.807, 2.05) is 31.3 Å². The molecule has 1 unspecified atom stereocenters. The van der Waals surface area contributed by atoms with Crippen LogP contribution in [0.3, 0.4) is 0 Å². The molecule has 1 N–H and O–H groups in total. The fourth-order valence-electron chi connectivity index (χ4n) is 4.23. The lowest BCUT2D eigenvalue weighted by Crippen LogP contribution is -2.52. The van der Waals surface area contributed by atoms with Crippen molar-refractivity contribution in [1.29, 1.82) is 0 Å². The second-order valence-corrected chi connectivity index (χ2v) is 10.4. The Kier molecular flexibility index (Phi) is 7.20. The number of benzene rings is 1. The molecule has 0 bridgehead atoms. The second kappa shape index (κ2) is 10.1. The Morgan fingerprint density at radius 2 is 1.69 bits per heavy atom. The number of rotatable bonds is 7. The van der Waals surface area contributed by atoms with Gasteiger partial charge < -0.3 is 5.32 Å². The number of anilines is 1. The van der Waals surface area contributed by atoms with Crippen LogP contribution in [0, 0.1) is 0 Å². The molecule has 2 aliphatic heterocycles. The van der Waals surface area contributed by atoms with Crippen LogP contribution in [0.15, 0.2) is 53.6 Å². The molecule has 8 nitrogen and oxygen atoms in total. The highest BCUT2D eigenvalue weighted by Gasteiger charge is 2.28. The summed E-state index contributed by atoms with van der Waals surface area (Å²) in [7, 11) is -3.44. The molecule has 0 saturated carbocycles. The molecular weight excluding hydrogens is 426 g/mol. The highest BCUT2D eigenvalue weighted by molar-refractivity contribution is 7.89. The Bertz CT molecular complexity index is 1000. The maximum Gasteiger partial charge on any atom is 0.243 e. The van der Waals surface area contributed by atoms with Crippen molar-refractivity contribution in [3.63, 3.8) is 0 Å². The van der Waals surface area contributed by atoms with Crippen molar-refractivity contribution in [2.75, 3.05) is 44.6 Å². The monoisotopic (exact) mass is 457 g/mol. The molecule has 2 aliphatic rings. The molecular formula is C23H31N5O3S. The van der Waals surface area contributed by atoms with Crippen molar-refractivity contribution in [1.82, 2.24) is 19.1 Å². The molecule has 4 rings (SSSR count). The zero-order valence-electron chi connectivity index (χ0n) is 18.5. The van der Waals surface area contributed by atoms with E-state index >= 15 is 0 Å². The summed E-state index contributed by atoms with van der Waals surface area (Å²) in [5, 5.41) is 2.93. The van der Waals surface area contributed by atoms with Crippen molar-refractivity contribution >= 4 is 21.6 Å². The zero-order valence-corrected chi connectivity index (χ0v) is 19.3. The maximum absolute atomic E-state index is 12.8. The van der Waals surface area contributed by atoms with Gasteiger partial charge in [0.2, 0.25) is 15.9 Å². The number of pyridine rings is 1. The highest BCUT2D eigenvalue weighted by Crippen LogP contribution is 2.22. The summed E-state index contributed by atoms with van der Waals surface area (Å²) < 4.78 is 26.8. The van der Waals surface area contributed by atoms with Crippen LogP contribution in [0.4, 0.5) is 5.69 Å². The van der Waals surface area contributed by atoms with Crippen molar-refractivity contribution in [3.05, 3.63) is 54.4 Å². The van der Waals surface area contributed by atoms with E-state index in [1.165, 1.54) is 4.31 Å². The molecule has 9 heteroatoms. The van der Waals surface area contributed by atoms with E-state index in [2.05, 4.69) is 20.1 Å². The topological polar surface area (TPSA) is 85.8 Å². The predicted octanol–water partition coefficient (Wildman–Crippen LogP) is 2.01. The number of carbonyl (C=O) groups is 1. The fraction of sp³-hybridized carbons (Fsp3) is 0.478. The lowest BCUT2D eigenvalue weighted by atomic mass is 10.2. The first-order valence-corrected chi connectivity index (χ1v) is 12.6. The van der Waals surface area contributed by atoms with E-state index in [1.54, 1.807) is 24.3 Å². The molecule has 1 amide bonds. The molecule has 2 aromatic rings. The van der Waals surface area contributed by atoms with Gasteiger partial charge in [-0.15, -0.1) is 0 Å². The molecule has 2 saturated heterocycles. The minimum absolute atomic E-state index is 0.0849. The number of nitrogens with one attached hydrogen (secondary N) is 1. The van der Waals surface area contributed by atoms with E-state index in [4.69, 9.17) is 0 Å². The quantitative estimate of drug-likeness (QED) is 0.685. The molecule has 0 aliphatic carbocycles. The fourth-order valence-corrected chi connectivity index (χ4v) is 5.75. The molecule has 1 atom stereocenters. The summed E-state index contributed by atoms with van der Waals surface area (Å²) in [5.41, 5.74) is 1.66. The number of piperazine rings is 1. The Morgan fingerprint density at radius 3 is 2.31 bits per heavy atom. The van der Waals surface area contributed by atoms with Crippen molar-refractivity contribution in [2.45, 2.75) is 37.2 Å².